The molecule has 5 rings (SSSR count). The second-order valence-electron chi connectivity index (χ2n) is 12.3. The molecule has 2 fully saturated rings. The Bertz CT molecular complexity index is 1630. The molecular formula is C30H44N8O4S. The van der Waals surface area contributed by atoms with E-state index < -0.39 is 9.84 Å². The van der Waals surface area contributed by atoms with Gasteiger partial charge in [-0.25, -0.2) is 18.1 Å². The van der Waals surface area contributed by atoms with Crippen LogP contribution >= 0.6 is 0 Å². The maximum atomic E-state index is 13.6. The first-order chi connectivity index (χ1) is 20.4. The number of piperidine rings is 1. The second kappa shape index (κ2) is 12.7. The number of fused-ring (bicyclic) bond motifs is 1. The fourth-order valence-corrected chi connectivity index (χ4v) is 6.79. The number of hydrogen-bond donors (Lipinski definition) is 2. The number of nitrogens with one attached hydrogen (secondary N) is 2. The van der Waals surface area contributed by atoms with Gasteiger partial charge in [0.1, 0.15) is 15.7 Å². The smallest absolute Gasteiger partial charge is 0.253 e. The van der Waals surface area contributed by atoms with Gasteiger partial charge in [-0.2, -0.15) is 5.10 Å². The number of pyridine rings is 2. The Kier molecular flexibility index (Phi) is 9.23. The minimum Gasteiger partial charge on any atom is -0.356 e. The summed E-state index contributed by atoms with van der Waals surface area (Å²) in [6, 6.07) is 4.31. The van der Waals surface area contributed by atoms with Crippen LogP contribution in [0.15, 0.2) is 23.1 Å². The number of piperazine rings is 1. The molecule has 2 aliphatic rings. The predicted octanol–water partition coefficient (Wildman–Crippen LogP) is 1.88. The lowest BCUT2D eigenvalue weighted by atomic mass is 10.0. The maximum Gasteiger partial charge on any atom is 0.253 e. The van der Waals surface area contributed by atoms with Gasteiger partial charge in [0.15, 0.2) is 5.65 Å². The predicted molar refractivity (Wildman–Crippen MR) is 169 cm³/mol. The molecule has 0 bridgehead atoms. The van der Waals surface area contributed by atoms with E-state index in [1.54, 1.807) is 6.20 Å². The molecule has 12 nitrogen and oxygen atoms in total. The number of aromatic nitrogens is 4. The van der Waals surface area contributed by atoms with Crippen molar-refractivity contribution in [3.05, 3.63) is 51.1 Å². The standard InChI is InChI=1S/C30H44N8O4S/c1-20(2)38-28-26(19-32-38)24(29(39)31-18-25-21(3)16-22(4)33-30(25)40)17-27(34-28)37-8-6-23(7-9-37)36-12-10-35(11-13-36)14-15-43(5,41)42/h16-17,19-20,23H,6-15,18H2,1-5H3,(H,31,39)(H,33,40). The van der Waals surface area contributed by atoms with E-state index in [0.29, 0.717) is 34.7 Å². The van der Waals surface area contributed by atoms with Crippen LogP contribution in [-0.2, 0) is 16.4 Å². The Morgan fingerprint density at radius 2 is 1.79 bits per heavy atom. The number of aryl methyl sites for hydroxylation is 2. The largest absolute Gasteiger partial charge is 0.356 e. The number of aromatic amines is 1. The Morgan fingerprint density at radius 1 is 1.09 bits per heavy atom. The van der Waals surface area contributed by atoms with Gasteiger partial charge in [0.25, 0.3) is 11.5 Å². The van der Waals surface area contributed by atoms with Crippen LogP contribution in [0, 0.1) is 13.8 Å². The summed E-state index contributed by atoms with van der Waals surface area (Å²) in [7, 11) is -2.95. The summed E-state index contributed by atoms with van der Waals surface area (Å²) in [5.41, 5.74) is 3.15. The van der Waals surface area contributed by atoms with Gasteiger partial charge in [-0.15, -0.1) is 0 Å². The lowest BCUT2D eigenvalue weighted by molar-refractivity contribution is 0.0881. The molecule has 0 atom stereocenters. The Hall–Kier alpha value is -3.29. The molecule has 0 unspecified atom stereocenters. The minimum atomic E-state index is -2.95. The van der Waals surface area contributed by atoms with Gasteiger partial charge in [0, 0.05) is 82.0 Å². The van der Waals surface area contributed by atoms with E-state index in [2.05, 4.69) is 30.1 Å². The van der Waals surface area contributed by atoms with Gasteiger partial charge in [-0.05, 0) is 58.2 Å². The van der Waals surface area contributed by atoms with Gasteiger partial charge in [-0.1, -0.05) is 0 Å². The van der Waals surface area contributed by atoms with Gasteiger partial charge in [-0.3, -0.25) is 19.4 Å². The van der Waals surface area contributed by atoms with E-state index in [9.17, 15) is 18.0 Å². The van der Waals surface area contributed by atoms with Gasteiger partial charge < -0.3 is 15.2 Å². The third kappa shape index (κ3) is 7.27. The van der Waals surface area contributed by atoms with Crippen LogP contribution in [-0.4, -0.2) is 108 Å². The van der Waals surface area contributed by atoms with Crippen molar-refractivity contribution in [3.63, 3.8) is 0 Å². The lowest BCUT2D eigenvalue weighted by Gasteiger charge is -2.43. The number of H-pyrrole nitrogens is 1. The van der Waals surface area contributed by atoms with E-state index >= 15 is 0 Å². The molecule has 5 heterocycles. The normalized spacial score (nSPS) is 17.7. The van der Waals surface area contributed by atoms with Crippen molar-refractivity contribution in [1.82, 2.24) is 34.9 Å². The first kappa shape index (κ1) is 31.1. The highest BCUT2D eigenvalue weighted by molar-refractivity contribution is 7.90. The summed E-state index contributed by atoms with van der Waals surface area (Å²) in [6.07, 6.45) is 4.98. The van der Waals surface area contributed by atoms with Crippen molar-refractivity contribution < 1.29 is 13.2 Å². The fourth-order valence-electron chi connectivity index (χ4n) is 6.20. The monoisotopic (exact) mass is 612 g/mol. The fraction of sp³-hybridized carbons (Fsp3) is 0.600. The zero-order valence-electron chi connectivity index (χ0n) is 25.9. The highest BCUT2D eigenvalue weighted by Gasteiger charge is 2.29. The van der Waals surface area contributed by atoms with E-state index in [0.717, 1.165) is 69.2 Å². The zero-order chi connectivity index (χ0) is 30.9. The number of amides is 1. The van der Waals surface area contributed by atoms with Crippen molar-refractivity contribution >= 4 is 32.6 Å². The summed E-state index contributed by atoms with van der Waals surface area (Å²) in [4.78, 5) is 40.9. The van der Waals surface area contributed by atoms with Crippen molar-refractivity contribution in [2.24, 2.45) is 0 Å². The third-order valence-electron chi connectivity index (χ3n) is 8.70. The zero-order valence-corrected chi connectivity index (χ0v) is 26.7. The summed E-state index contributed by atoms with van der Waals surface area (Å²) in [6.45, 7) is 13.8. The number of rotatable bonds is 9. The molecule has 2 N–H and O–H groups in total. The number of anilines is 1. The molecule has 2 saturated heterocycles. The third-order valence-corrected chi connectivity index (χ3v) is 9.62. The SMILES string of the molecule is Cc1cc(C)c(CNC(=O)c2cc(N3CCC(N4CCN(CCS(C)(=O)=O)CC4)CC3)nc3c2cnn3C(C)C)c(=O)[nH]1. The molecular weight excluding hydrogens is 568 g/mol. The molecule has 0 spiro atoms. The van der Waals surface area contributed by atoms with Crippen LogP contribution in [0.4, 0.5) is 5.82 Å². The van der Waals surface area contributed by atoms with Crippen LogP contribution < -0.4 is 15.8 Å². The summed E-state index contributed by atoms with van der Waals surface area (Å²) < 4.78 is 24.9. The molecule has 1 amide bonds. The van der Waals surface area contributed by atoms with Crippen LogP contribution in [0.2, 0.25) is 0 Å². The first-order valence-electron chi connectivity index (χ1n) is 15.1. The van der Waals surface area contributed by atoms with E-state index in [1.165, 1.54) is 6.26 Å². The molecule has 234 valence electrons. The maximum absolute atomic E-state index is 13.6. The quantitative estimate of drug-likeness (QED) is 0.371. The van der Waals surface area contributed by atoms with Crippen molar-refractivity contribution in [1.29, 1.82) is 0 Å². The van der Waals surface area contributed by atoms with Gasteiger partial charge in [0.05, 0.1) is 22.9 Å². The summed E-state index contributed by atoms with van der Waals surface area (Å²) in [5, 5.41) is 8.19. The Balaban J connectivity index is 1.28. The number of nitrogens with zero attached hydrogens (tertiary/aromatic N) is 6. The van der Waals surface area contributed by atoms with Crippen LogP contribution in [0.5, 0.6) is 0 Å². The average molecular weight is 613 g/mol. The Labute approximate surface area is 253 Å². The lowest BCUT2D eigenvalue weighted by Crippen LogP contribution is -2.53. The molecule has 0 aromatic carbocycles. The molecule has 43 heavy (non-hydrogen) atoms. The van der Waals surface area contributed by atoms with Crippen LogP contribution in [0.1, 0.15) is 59.9 Å². The molecule has 3 aromatic heterocycles. The molecule has 2 aliphatic heterocycles. The molecule has 0 radical (unpaired) electrons. The molecule has 0 aliphatic carbocycles. The minimum absolute atomic E-state index is 0.0757. The molecule has 0 saturated carbocycles. The number of carbonyl (C=O) groups is 1. The Morgan fingerprint density at radius 3 is 2.42 bits per heavy atom. The number of carbonyl (C=O) groups excluding carboxylic acids is 1. The van der Waals surface area contributed by atoms with Crippen LogP contribution in [0.3, 0.4) is 0 Å². The average Bonchev–Trinajstić information content (AvgIpc) is 3.39. The number of sulfone groups is 1. The van der Waals surface area contributed by atoms with Crippen molar-refractivity contribution in [3.8, 4) is 0 Å². The van der Waals surface area contributed by atoms with Crippen molar-refractivity contribution in [2.75, 3.05) is 62.7 Å². The van der Waals surface area contributed by atoms with E-state index in [1.807, 2.05) is 44.5 Å². The molecule has 3 aromatic rings. The summed E-state index contributed by atoms with van der Waals surface area (Å²) in [5.74, 6) is 0.705. The molecule has 13 heteroatoms. The number of hydrogen-bond acceptors (Lipinski definition) is 9. The van der Waals surface area contributed by atoms with Gasteiger partial charge >= 0.3 is 0 Å². The summed E-state index contributed by atoms with van der Waals surface area (Å²) >= 11 is 0. The van der Waals surface area contributed by atoms with E-state index in [-0.39, 0.29) is 29.8 Å². The highest BCUT2D eigenvalue weighted by atomic mass is 32.2. The highest BCUT2D eigenvalue weighted by Crippen LogP contribution is 2.28. The van der Waals surface area contributed by atoms with Crippen molar-refractivity contribution in [2.45, 2.75) is 59.2 Å². The first-order valence-corrected chi connectivity index (χ1v) is 17.2. The van der Waals surface area contributed by atoms with Crippen LogP contribution in [0.25, 0.3) is 11.0 Å². The topological polar surface area (TPSA) is 137 Å². The second-order valence-corrected chi connectivity index (χ2v) is 14.6. The van der Waals surface area contributed by atoms with Gasteiger partial charge in [0.2, 0.25) is 0 Å². The van der Waals surface area contributed by atoms with E-state index in [4.69, 9.17) is 4.98 Å².